The van der Waals surface area contributed by atoms with Crippen LogP contribution in [0.4, 0.5) is 8.78 Å². The number of carbonyl (C=O) groups is 1. The van der Waals surface area contributed by atoms with Crippen LogP contribution in [0.15, 0.2) is 54.6 Å². The maximum atomic E-state index is 15.7. The quantitative estimate of drug-likeness (QED) is 0.208. The third-order valence-electron chi connectivity index (χ3n) is 8.14. The molecule has 5 aromatic rings. The Hall–Kier alpha value is -4.63. The van der Waals surface area contributed by atoms with E-state index in [-0.39, 0.29) is 11.6 Å². The van der Waals surface area contributed by atoms with Gasteiger partial charge in [-0.2, -0.15) is 5.10 Å². The number of fused-ring (bicyclic) bond motifs is 2. The van der Waals surface area contributed by atoms with Gasteiger partial charge in [-0.25, -0.2) is 23.1 Å². The van der Waals surface area contributed by atoms with E-state index in [1.54, 1.807) is 38.3 Å². The molecule has 45 heavy (non-hydrogen) atoms. The number of hydrogen-bond acceptors (Lipinski definition) is 5. The second-order valence-corrected chi connectivity index (χ2v) is 12.5. The van der Waals surface area contributed by atoms with E-state index in [1.807, 2.05) is 44.2 Å². The summed E-state index contributed by atoms with van der Waals surface area (Å²) >= 11 is 0. The first-order valence-corrected chi connectivity index (χ1v) is 15.0. The number of halogens is 2. The van der Waals surface area contributed by atoms with Crippen molar-refractivity contribution in [1.29, 1.82) is 0 Å². The fraction of sp³-hybridized carbons (Fsp3) is 0.306. The number of aliphatic carboxylic acids is 1. The summed E-state index contributed by atoms with van der Waals surface area (Å²) in [5.74, 6) is -1.77. The number of benzene rings is 3. The zero-order valence-corrected chi connectivity index (χ0v) is 26.2. The number of rotatable bonds is 6. The van der Waals surface area contributed by atoms with Crippen molar-refractivity contribution in [1.82, 2.24) is 14.6 Å². The topological polar surface area (TPSA) is 86.0 Å². The molecule has 0 aliphatic carbocycles. The lowest BCUT2D eigenvalue weighted by Crippen LogP contribution is -2.29. The molecule has 6 rings (SSSR count). The van der Waals surface area contributed by atoms with Gasteiger partial charge in [-0.15, -0.1) is 0 Å². The summed E-state index contributed by atoms with van der Waals surface area (Å²) < 4.78 is 42.9. The fourth-order valence-electron chi connectivity index (χ4n) is 6.13. The molecular weight excluding hydrogens is 576 g/mol. The highest BCUT2D eigenvalue weighted by Crippen LogP contribution is 2.42. The number of nitrogens with zero attached hydrogens (tertiary/aromatic N) is 3. The van der Waals surface area contributed by atoms with Crippen molar-refractivity contribution in [3.63, 3.8) is 0 Å². The minimum absolute atomic E-state index is 0.237. The van der Waals surface area contributed by atoms with E-state index in [4.69, 9.17) is 19.6 Å². The standard InChI is InChI=1S/C36H35F2N3O4/c1-19-15-24(37)12-13-25(19)22-9-7-10-23(16-22)29-18-30-39-21(3)31(34(35(42)43)45-36(4,5)6)32(41(30)40-29)27-17-28(38)33-26(20(27)2)11-8-14-44-33/h7,9-10,12-13,15-18,34H,8,11,14H2,1-6H3,(H,42,43). The number of hydrogen-bond donors (Lipinski definition) is 1. The normalized spacial score (nSPS) is 13.9. The molecule has 1 N–H and O–H groups in total. The fourth-order valence-corrected chi connectivity index (χ4v) is 6.13. The Bertz CT molecular complexity index is 1980. The predicted molar refractivity (Wildman–Crippen MR) is 168 cm³/mol. The van der Waals surface area contributed by atoms with Crippen LogP contribution in [0, 0.1) is 32.4 Å². The van der Waals surface area contributed by atoms with Crippen molar-refractivity contribution in [2.45, 2.75) is 66.1 Å². The van der Waals surface area contributed by atoms with Gasteiger partial charge in [0.15, 0.2) is 23.3 Å². The molecular formula is C36H35F2N3O4. The average molecular weight is 612 g/mol. The molecule has 0 fully saturated rings. The van der Waals surface area contributed by atoms with E-state index in [1.165, 1.54) is 18.2 Å². The van der Waals surface area contributed by atoms with Crippen molar-refractivity contribution < 1.29 is 28.2 Å². The van der Waals surface area contributed by atoms with Crippen molar-refractivity contribution in [2.24, 2.45) is 0 Å². The zero-order chi connectivity index (χ0) is 32.2. The lowest BCUT2D eigenvalue weighted by Gasteiger charge is -2.28. The molecule has 0 spiro atoms. The van der Waals surface area contributed by atoms with E-state index < -0.39 is 23.5 Å². The predicted octanol–water partition coefficient (Wildman–Crippen LogP) is 8.20. The van der Waals surface area contributed by atoms with Crippen molar-refractivity contribution in [3.8, 4) is 39.4 Å². The Kier molecular flexibility index (Phi) is 7.69. The van der Waals surface area contributed by atoms with Gasteiger partial charge in [-0.3, -0.25) is 0 Å². The highest BCUT2D eigenvalue weighted by Gasteiger charge is 2.34. The number of ether oxygens (including phenoxy) is 2. The molecule has 1 unspecified atom stereocenters. The molecule has 0 saturated carbocycles. The first kappa shape index (κ1) is 30.4. The van der Waals surface area contributed by atoms with E-state index in [0.29, 0.717) is 46.9 Å². The smallest absolute Gasteiger partial charge is 0.337 e. The van der Waals surface area contributed by atoms with Crippen LogP contribution in [0.25, 0.3) is 39.3 Å². The molecule has 7 nitrogen and oxygen atoms in total. The number of aryl methyl sites for hydroxylation is 2. The van der Waals surface area contributed by atoms with Crippen LogP contribution in [0.3, 0.4) is 0 Å². The zero-order valence-electron chi connectivity index (χ0n) is 26.2. The first-order valence-electron chi connectivity index (χ1n) is 15.0. The molecule has 1 aliphatic rings. The van der Waals surface area contributed by atoms with Gasteiger partial charge < -0.3 is 14.6 Å². The van der Waals surface area contributed by atoms with Crippen LogP contribution in [0.2, 0.25) is 0 Å². The second kappa shape index (κ2) is 11.4. The lowest BCUT2D eigenvalue weighted by molar-refractivity contribution is -0.160. The van der Waals surface area contributed by atoms with Crippen LogP contribution in [-0.4, -0.2) is 37.9 Å². The van der Waals surface area contributed by atoms with Gasteiger partial charge in [0.2, 0.25) is 0 Å². The molecule has 1 atom stereocenters. The van der Waals surface area contributed by atoms with Gasteiger partial charge in [-0.1, -0.05) is 24.3 Å². The van der Waals surface area contributed by atoms with Crippen LogP contribution in [0.5, 0.6) is 5.75 Å². The molecule has 3 heterocycles. The van der Waals surface area contributed by atoms with Gasteiger partial charge in [0.1, 0.15) is 5.82 Å². The summed E-state index contributed by atoms with van der Waals surface area (Å²) in [4.78, 5) is 17.6. The monoisotopic (exact) mass is 611 g/mol. The minimum Gasteiger partial charge on any atom is -0.490 e. The summed E-state index contributed by atoms with van der Waals surface area (Å²) in [5, 5.41) is 15.4. The summed E-state index contributed by atoms with van der Waals surface area (Å²) in [5.41, 5.74) is 6.80. The Morgan fingerprint density at radius 2 is 1.78 bits per heavy atom. The van der Waals surface area contributed by atoms with E-state index in [2.05, 4.69) is 0 Å². The number of aromatic nitrogens is 3. The average Bonchev–Trinajstić information content (AvgIpc) is 3.40. The van der Waals surface area contributed by atoms with Crippen molar-refractivity contribution >= 4 is 11.6 Å². The van der Waals surface area contributed by atoms with Gasteiger partial charge in [0, 0.05) is 34.0 Å². The summed E-state index contributed by atoms with van der Waals surface area (Å²) in [6.45, 7) is 11.3. The van der Waals surface area contributed by atoms with Crippen molar-refractivity contribution in [3.05, 3.63) is 94.2 Å². The number of carboxylic acid groups (broad SMARTS) is 1. The third-order valence-corrected chi connectivity index (χ3v) is 8.14. The van der Waals surface area contributed by atoms with Crippen LogP contribution in [-0.2, 0) is 16.0 Å². The lowest BCUT2D eigenvalue weighted by atomic mass is 9.91. The Morgan fingerprint density at radius 1 is 1.02 bits per heavy atom. The molecule has 0 amide bonds. The van der Waals surface area contributed by atoms with E-state index >= 15 is 4.39 Å². The molecule has 3 aromatic carbocycles. The molecule has 1 aliphatic heterocycles. The van der Waals surface area contributed by atoms with Gasteiger partial charge in [-0.05, 0) is 101 Å². The van der Waals surface area contributed by atoms with E-state index in [9.17, 15) is 14.3 Å². The third kappa shape index (κ3) is 5.68. The first-order chi connectivity index (χ1) is 21.3. The summed E-state index contributed by atoms with van der Waals surface area (Å²) in [6, 6.07) is 15.7. The molecule has 0 saturated heterocycles. The number of carboxylic acids is 1. The highest BCUT2D eigenvalue weighted by molar-refractivity contribution is 5.83. The van der Waals surface area contributed by atoms with E-state index in [0.717, 1.165) is 39.8 Å². The Balaban J connectivity index is 1.62. The van der Waals surface area contributed by atoms with Gasteiger partial charge in [0.05, 0.1) is 23.6 Å². The maximum absolute atomic E-state index is 15.7. The largest absolute Gasteiger partial charge is 0.490 e. The molecule has 9 heteroatoms. The van der Waals surface area contributed by atoms with Gasteiger partial charge >= 0.3 is 5.97 Å². The van der Waals surface area contributed by atoms with Crippen LogP contribution >= 0.6 is 0 Å². The second-order valence-electron chi connectivity index (χ2n) is 12.5. The minimum atomic E-state index is -1.40. The molecule has 0 bridgehead atoms. The molecule has 232 valence electrons. The maximum Gasteiger partial charge on any atom is 0.337 e. The molecule has 0 radical (unpaired) electrons. The van der Waals surface area contributed by atoms with Gasteiger partial charge in [0.25, 0.3) is 0 Å². The Morgan fingerprint density at radius 3 is 2.49 bits per heavy atom. The highest BCUT2D eigenvalue weighted by atomic mass is 19.1. The summed E-state index contributed by atoms with van der Waals surface area (Å²) in [7, 11) is 0. The summed E-state index contributed by atoms with van der Waals surface area (Å²) in [6.07, 6.45) is -0.0197. The van der Waals surface area contributed by atoms with Crippen LogP contribution < -0.4 is 4.74 Å². The van der Waals surface area contributed by atoms with Crippen molar-refractivity contribution in [2.75, 3.05) is 6.61 Å². The SMILES string of the molecule is Cc1cc(F)ccc1-c1cccc(-c2cc3nc(C)c(C(OC(C)(C)C)C(=O)O)c(-c4cc(F)c5c(c4C)CCCO5)n3n2)c1. The molecule has 2 aromatic heterocycles. The Labute approximate surface area is 260 Å². The van der Waals surface area contributed by atoms with Crippen LogP contribution in [0.1, 0.15) is 61.2 Å².